The van der Waals surface area contributed by atoms with Gasteiger partial charge >= 0.3 is 0 Å². The van der Waals surface area contributed by atoms with Crippen LogP contribution in [0.1, 0.15) is 40.0 Å². The van der Waals surface area contributed by atoms with Crippen molar-refractivity contribution in [3.8, 4) is 0 Å². The zero-order chi connectivity index (χ0) is 15.2. The molecule has 0 aromatic rings. The first-order valence-electron chi connectivity index (χ1n) is 7.32. The molecule has 2 unspecified atom stereocenters. The maximum atomic E-state index is 12.4. The van der Waals surface area contributed by atoms with Crippen LogP contribution in [0.3, 0.4) is 0 Å². The van der Waals surface area contributed by atoms with Gasteiger partial charge in [0.1, 0.15) is 11.6 Å². The van der Waals surface area contributed by atoms with E-state index in [0.29, 0.717) is 12.8 Å². The van der Waals surface area contributed by atoms with Gasteiger partial charge in [0.15, 0.2) is 0 Å². The molecule has 124 valence electrons. The molecule has 1 aliphatic heterocycles. The standard InChI is InChI=1S/C14H27N3O3.ClH/c1-5-10(2)16-12(18)11(3)17-13(19)14(20-4)6-8-15-9-7-14;/h10-11,15H,5-9H2,1-4H3,(H,16,18)(H,17,19);1H. The molecule has 1 saturated heterocycles. The molecule has 0 aromatic heterocycles. The van der Waals surface area contributed by atoms with Crippen molar-refractivity contribution in [2.24, 2.45) is 0 Å². The summed E-state index contributed by atoms with van der Waals surface area (Å²) in [6, 6.07) is -0.449. The number of hydrogen-bond acceptors (Lipinski definition) is 4. The van der Waals surface area contributed by atoms with E-state index in [1.807, 2.05) is 13.8 Å². The fourth-order valence-electron chi connectivity index (χ4n) is 2.22. The summed E-state index contributed by atoms with van der Waals surface area (Å²) in [7, 11) is 1.55. The molecule has 2 atom stereocenters. The molecule has 1 heterocycles. The number of carbonyl (C=O) groups excluding carboxylic acids is 2. The highest BCUT2D eigenvalue weighted by Gasteiger charge is 2.40. The number of hydrogen-bond donors (Lipinski definition) is 3. The molecule has 3 N–H and O–H groups in total. The highest BCUT2D eigenvalue weighted by molar-refractivity contribution is 5.91. The van der Waals surface area contributed by atoms with Crippen LogP contribution in [0, 0.1) is 0 Å². The van der Waals surface area contributed by atoms with Crippen molar-refractivity contribution < 1.29 is 14.3 Å². The smallest absolute Gasteiger partial charge is 0.252 e. The predicted molar refractivity (Wildman–Crippen MR) is 84.6 cm³/mol. The van der Waals surface area contributed by atoms with Crippen molar-refractivity contribution in [2.75, 3.05) is 20.2 Å². The molecule has 21 heavy (non-hydrogen) atoms. The third-order valence-corrected chi connectivity index (χ3v) is 3.96. The molecule has 1 aliphatic rings. The molecule has 0 aliphatic carbocycles. The van der Waals surface area contributed by atoms with Crippen molar-refractivity contribution in [1.82, 2.24) is 16.0 Å². The number of nitrogens with one attached hydrogen (secondary N) is 3. The molecule has 1 rings (SSSR count). The Balaban J connectivity index is 0.00000400. The number of piperidine rings is 1. The number of carbonyl (C=O) groups is 2. The van der Waals surface area contributed by atoms with E-state index < -0.39 is 11.6 Å². The zero-order valence-corrected chi connectivity index (χ0v) is 14.1. The van der Waals surface area contributed by atoms with Gasteiger partial charge < -0.3 is 20.7 Å². The van der Waals surface area contributed by atoms with Gasteiger partial charge in [-0.2, -0.15) is 0 Å². The van der Waals surface area contributed by atoms with Crippen LogP contribution < -0.4 is 16.0 Å². The third-order valence-electron chi connectivity index (χ3n) is 3.96. The summed E-state index contributed by atoms with van der Waals surface area (Å²) < 4.78 is 5.44. The van der Waals surface area contributed by atoms with E-state index >= 15 is 0 Å². The Kier molecular flexibility index (Phi) is 8.85. The normalized spacial score (nSPS) is 19.8. The lowest BCUT2D eigenvalue weighted by molar-refractivity contribution is -0.148. The van der Waals surface area contributed by atoms with Crippen LogP contribution in [0.5, 0.6) is 0 Å². The lowest BCUT2D eigenvalue weighted by atomic mass is 9.91. The maximum Gasteiger partial charge on any atom is 0.252 e. The van der Waals surface area contributed by atoms with E-state index in [1.54, 1.807) is 14.0 Å². The highest BCUT2D eigenvalue weighted by Crippen LogP contribution is 2.22. The summed E-state index contributed by atoms with van der Waals surface area (Å²) in [4.78, 5) is 24.3. The first-order chi connectivity index (χ1) is 9.45. The highest BCUT2D eigenvalue weighted by atomic mass is 35.5. The lowest BCUT2D eigenvalue weighted by Gasteiger charge is -2.35. The second-order valence-corrected chi connectivity index (χ2v) is 5.46. The lowest BCUT2D eigenvalue weighted by Crippen LogP contribution is -2.58. The van der Waals surface area contributed by atoms with Crippen LogP contribution in [0.4, 0.5) is 0 Å². The first-order valence-corrected chi connectivity index (χ1v) is 7.32. The zero-order valence-electron chi connectivity index (χ0n) is 13.3. The second-order valence-electron chi connectivity index (χ2n) is 5.46. The van der Waals surface area contributed by atoms with Crippen LogP contribution in [-0.4, -0.2) is 49.7 Å². The van der Waals surface area contributed by atoms with E-state index in [2.05, 4.69) is 16.0 Å². The SMILES string of the molecule is CCC(C)NC(=O)C(C)NC(=O)C1(OC)CCNCC1.Cl. The van der Waals surface area contributed by atoms with Gasteiger partial charge in [-0.1, -0.05) is 6.92 Å². The van der Waals surface area contributed by atoms with Gasteiger partial charge in [0, 0.05) is 13.2 Å². The average Bonchev–Trinajstić information content (AvgIpc) is 2.47. The summed E-state index contributed by atoms with van der Waals surface area (Å²) in [5, 5.41) is 8.83. The molecule has 0 saturated carbocycles. The molecule has 0 bridgehead atoms. The van der Waals surface area contributed by atoms with Crippen LogP contribution in [0.2, 0.25) is 0 Å². The summed E-state index contributed by atoms with van der Waals surface area (Å²) in [5.74, 6) is -0.360. The summed E-state index contributed by atoms with van der Waals surface area (Å²) in [5.41, 5.74) is -0.809. The third kappa shape index (κ3) is 5.45. The number of amides is 2. The van der Waals surface area contributed by atoms with Crippen LogP contribution in [-0.2, 0) is 14.3 Å². The summed E-state index contributed by atoms with van der Waals surface area (Å²) >= 11 is 0. The Morgan fingerprint density at radius 3 is 2.29 bits per heavy atom. The van der Waals surface area contributed by atoms with Crippen molar-refractivity contribution in [2.45, 2.75) is 57.7 Å². The molecule has 2 amide bonds. The summed E-state index contributed by atoms with van der Waals surface area (Å²) in [6.07, 6.45) is 2.10. The number of methoxy groups -OCH3 is 1. The van der Waals surface area contributed by atoms with E-state index in [-0.39, 0.29) is 30.3 Å². The topological polar surface area (TPSA) is 79.5 Å². The van der Waals surface area contributed by atoms with Gasteiger partial charge in [-0.05, 0) is 46.2 Å². The minimum Gasteiger partial charge on any atom is -0.368 e. The van der Waals surface area contributed by atoms with Crippen LogP contribution in [0.15, 0.2) is 0 Å². The van der Waals surface area contributed by atoms with E-state index in [1.165, 1.54) is 0 Å². The van der Waals surface area contributed by atoms with Gasteiger partial charge in [0.25, 0.3) is 5.91 Å². The molecular formula is C14H28ClN3O3. The Hall–Kier alpha value is -0.850. The minimum atomic E-state index is -0.809. The van der Waals surface area contributed by atoms with Crippen molar-refractivity contribution in [1.29, 1.82) is 0 Å². The van der Waals surface area contributed by atoms with Gasteiger partial charge in [-0.3, -0.25) is 9.59 Å². The van der Waals surface area contributed by atoms with Gasteiger partial charge in [0.05, 0.1) is 0 Å². The van der Waals surface area contributed by atoms with Gasteiger partial charge in [-0.15, -0.1) is 12.4 Å². The quantitative estimate of drug-likeness (QED) is 0.669. The monoisotopic (exact) mass is 321 g/mol. The maximum absolute atomic E-state index is 12.4. The van der Waals surface area contributed by atoms with E-state index in [9.17, 15) is 9.59 Å². The number of rotatable bonds is 6. The van der Waals surface area contributed by atoms with Gasteiger partial charge in [-0.25, -0.2) is 0 Å². The molecule has 1 fully saturated rings. The van der Waals surface area contributed by atoms with E-state index in [4.69, 9.17) is 4.74 Å². The molecule has 0 spiro atoms. The average molecular weight is 322 g/mol. The second kappa shape index (κ2) is 9.23. The van der Waals surface area contributed by atoms with Crippen molar-refractivity contribution in [3.05, 3.63) is 0 Å². The van der Waals surface area contributed by atoms with Crippen molar-refractivity contribution >= 4 is 24.2 Å². The molecule has 0 aromatic carbocycles. The summed E-state index contributed by atoms with van der Waals surface area (Å²) in [6.45, 7) is 7.13. The fourth-order valence-corrected chi connectivity index (χ4v) is 2.22. The van der Waals surface area contributed by atoms with Crippen molar-refractivity contribution in [3.63, 3.8) is 0 Å². The Morgan fingerprint density at radius 1 is 1.24 bits per heavy atom. The minimum absolute atomic E-state index is 0. The van der Waals surface area contributed by atoms with E-state index in [0.717, 1.165) is 19.5 Å². The Morgan fingerprint density at radius 2 is 1.81 bits per heavy atom. The van der Waals surface area contributed by atoms with Crippen LogP contribution >= 0.6 is 12.4 Å². The fraction of sp³-hybridized carbons (Fsp3) is 0.857. The predicted octanol–water partition coefficient (Wildman–Crippen LogP) is 0.596. The molecule has 7 heteroatoms. The molecular weight excluding hydrogens is 294 g/mol. The van der Waals surface area contributed by atoms with Gasteiger partial charge in [0.2, 0.25) is 5.91 Å². The molecule has 6 nitrogen and oxygen atoms in total. The number of halogens is 1. The van der Waals surface area contributed by atoms with Crippen LogP contribution in [0.25, 0.3) is 0 Å². The first kappa shape index (κ1) is 20.1. The molecule has 0 radical (unpaired) electrons. The largest absolute Gasteiger partial charge is 0.368 e. The Labute approximate surface area is 133 Å². The number of ether oxygens (including phenoxy) is 1. The Bertz CT molecular complexity index is 346.